The number of nitrogens with one attached hydrogen (secondary N) is 11. The number of aryl methyl sites for hydroxylation is 1. The molecule has 9 atom stereocenters. The maximum absolute atomic E-state index is 16.0. The lowest BCUT2D eigenvalue weighted by atomic mass is 9.54. The number of ether oxygens (including phenoxy) is 3. The summed E-state index contributed by atoms with van der Waals surface area (Å²) in [6.45, 7) is 6.14. The summed E-state index contributed by atoms with van der Waals surface area (Å²) >= 11 is 6.99. The van der Waals surface area contributed by atoms with E-state index in [9.17, 15) is 45.0 Å². The Balaban J connectivity index is 0.987. The fourth-order valence-electron chi connectivity index (χ4n) is 15.2. The molecular formula is C74H82ClN11O18. The van der Waals surface area contributed by atoms with Gasteiger partial charge in [0.25, 0.3) is 0 Å². The number of phenols is 4. The van der Waals surface area contributed by atoms with Crippen LogP contribution in [0.3, 0.4) is 0 Å². The molecule has 30 heteroatoms. The SMILES string of the molecule is CNCCOc1ccc(NC(=O)NC(=O)C[C@@H]2NC(=O)[C@H](NC(=O)[C@@H](CC(C)C)NC)[C@H](O)c3ccc(c(C)c3)Oc3cc4cc(c3O)Oc3ccc(cc3Cl)[C@@H](O)[C@@H]3NC(=O)[C@H](NC(=O)[C@@H]4NC2=O)c2ccc(O)c(c2)-c2c(O)cc(O)cc2[C@@H](C(=O)NC2C4CC5CC(C4)CC2C5)NC3=O)cc1. The van der Waals surface area contributed by atoms with E-state index in [-0.39, 0.29) is 96.9 Å². The number of carbonyl (C=O) groups excluding carboxylic acids is 9. The highest BCUT2D eigenvalue weighted by atomic mass is 35.5. The van der Waals surface area contributed by atoms with E-state index >= 15 is 28.8 Å². The van der Waals surface area contributed by atoms with Crippen molar-refractivity contribution < 1.29 is 88.0 Å². The molecule has 6 aromatic rings. The van der Waals surface area contributed by atoms with Crippen molar-refractivity contribution >= 4 is 70.6 Å². The first-order chi connectivity index (χ1) is 49.7. The predicted molar refractivity (Wildman–Crippen MR) is 375 cm³/mol. The Morgan fingerprint density at radius 3 is 1.92 bits per heavy atom. The second-order valence-electron chi connectivity index (χ2n) is 27.9. The van der Waals surface area contributed by atoms with Gasteiger partial charge in [-0.3, -0.25) is 43.7 Å². The summed E-state index contributed by atoms with van der Waals surface area (Å²) in [4.78, 5) is 135. The molecule has 104 heavy (non-hydrogen) atoms. The van der Waals surface area contributed by atoms with E-state index in [1.165, 1.54) is 67.7 Å². The van der Waals surface area contributed by atoms with E-state index in [2.05, 4.69) is 58.5 Å². The van der Waals surface area contributed by atoms with Crippen molar-refractivity contribution in [1.29, 1.82) is 0 Å². The fourth-order valence-corrected chi connectivity index (χ4v) is 15.4. The number of benzene rings is 6. The van der Waals surface area contributed by atoms with Crippen LogP contribution in [-0.4, -0.2) is 141 Å². The molecule has 29 nitrogen and oxygen atoms in total. The summed E-state index contributed by atoms with van der Waals surface area (Å²) < 4.78 is 18.4. The summed E-state index contributed by atoms with van der Waals surface area (Å²) in [6.07, 6.45) is -0.281. The van der Waals surface area contributed by atoms with E-state index in [1.54, 1.807) is 26.1 Å². The van der Waals surface area contributed by atoms with Crippen molar-refractivity contribution in [1.82, 2.24) is 53.2 Å². The molecule has 17 N–H and O–H groups in total. The number of aromatic hydroxyl groups is 4. The molecule has 15 rings (SSSR count). The molecule has 10 amide bonds. The molecule has 4 fully saturated rings. The third-order valence-electron chi connectivity index (χ3n) is 20.1. The Morgan fingerprint density at radius 1 is 0.635 bits per heavy atom. The number of amides is 10. The van der Waals surface area contributed by atoms with Crippen LogP contribution in [0, 0.1) is 36.5 Å². The minimum Gasteiger partial charge on any atom is -0.508 e. The summed E-state index contributed by atoms with van der Waals surface area (Å²) in [7, 11) is 3.27. The van der Waals surface area contributed by atoms with Gasteiger partial charge in [0.2, 0.25) is 53.0 Å². The van der Waals surface area contributed by atoms with Crippen LogP contribution in [0.15, 0.2) is 103 Å². The minimum atomic E-state index is -2.21. The number of carbonyl (C=O) groups is 9. The molecule has 0 spiro atoms. The molecular weight excluding hydrogens is 1370 g/mol. The number of aliphatic hydroxyl groups is 2. The van der Waals surface area contributed by atoms with E-state index < -0.39 is 149 Å². The second-order valence-corrected chi connectivity index (χ2v) is 28.3. The molecule has 6 aromatic carbocycles. The van der Waals surface area contributed by atoms with Crippen LogP contribution >= 0.6 is 11.6 Å². The highest BCUT2D eigenvalue weighted by Crippen LogP contribution is 2.54. The molecule has 5 aliphatic heterocycles. The van der Waals surface area contributed by atoms with E-state index in [0.717, 1.165) is 62.4 Å². The molecule has 0 aromatic heterocycles. The van der Waals surface area contributed by atoms with Gasteiger partial charge in [0.15, 0.2) is 11.5 Å². The van der Waals surface area contributed by atoms with Crippen LogP contribution in [0.4, 0.5) is 10.5 Å². The first-order valence-corrected chi connectivity index (χ1v) is 34.7. The van der Waals surface area contributed by atoms with Gasteiger partial charge in [-0.2, -0.15) is 0 Å². The first kappa shape index (κ1) is 73.0. The number of aliphatic hydroxyl groups excluding tert-OH is 2. The average Bonchev–Trinajstić information content (AvgIpc) is 0.762. The largest absolute Gasteiger partial charge is 0.508 e. The van der Waals surface area contributed by atoms with Crippen molar-refractivity contribution in [2.24, 2.45) is 29.6 Å². The van der Waals surface area contributed by atoms with Gasteiger partial charge >= 0.3 is 6.03 Å². The van der Waals surface area contributed by atoms with Crippen LogP contribution in [-0.2, 0) is 38.4 Å². The number of halogens is 1. The Labute approximate surface area is 601 Å². The molecule has 4 aliphatic carbocycles. The highest BCUT2D eigenvalue weighted by molar-refractivity contribution is 6.32. The third-order valence-corrected chi connectivity index (χ3v) is 20.4. The molecule has 0 unspecified atom stereocenters. The normalized spacial score (nSPS) is 25.1. The summed E-state index contributed by atoms with van der Waals surface area (Å²) in [5, 5.41) is 101. The van der Waals surface area contributed by atoms with Gasteiger partial charge in [0.1, 0.15) is 89.6 Å². The van der Waals surface area contributed by atoms with Crippen LogP contribution < -0.4 is 72.7 Å². The molecule has 4 saturated carbocycles. The Kier molecular flexibility index (Phi) is 21.6. The predicted octanol–water partition coefficient (Wildman–Crippen LogP) is 5.37. The minimum absolute atomic E-state index is 0.00218. The standard InChI is InChI=1S/C74H82ClN11O18/c1-32(2)18-48(77-5)67(94)85-62-64(91)37-7-14-52(33(3)19-37)103-54-27-41-28-55(66(54)93)104-53-15-8-38(26-47(53)75)65(92)63-73(100)84-61(71(98)81-58-39-21-34-20-35(23-39)24-40(58)22-34)46-29-43(87)30-51(89)57(46)45-25-36(6-13-50(45)88)59(69(96)86-63)83-70(97)60(41)82-68(95)49(79-72(62)99)31-56(90)80-74(101)78-42-9-11-44(12-10-42)102-17-16-76-4/h6-15,19,25-30,32,34-35,39-40,48-49,58-65,76-77,87-89,91-93H,16-18,20-24,31H2,1-5H3,(H,79,99)(H,81,98)(H,82,95)(H,83,97)(H,84,100)(H,85,94)(H,86,96)(H2,78,80,90,101)/t34?,35?,39?,40?,48-,49+,58?,59-,60-,61+,62-,63+,64-,65-/m1/s1. The van der Waals surface area contributed by atoms with Gasteiger partial charge in [-0.05, 0) is 201 Å². The zero-order chi connectivity index (χ0) is 74.1. The number of fused-ring (bicyclic) bond motifs is 15. The fraction of sp³-hybridized carbons (Fsp3) is 0.392. The molecule has 5 heterocycles. The number of likely N-dealkylation sites (N-methyl/N-ethyl adjacent to an activating group) is 2. The maximum atomic E-state index is 16.0. The van der Waals surface area contributed by atoms with E-state index in [0.29, 0.717) is 30.7 Å². The Bertz CT molecular complexity index is 4360. The number of hydrogen-bond donors (Lipinski definition) is 17. The number of rotatable bonds is 14. The zero-order valence-corrected chi connectivity index (χ0v) is 58.1. The van der Waals surface area contributed by atoms with Gasteiger partial charge in [-0.15, -0.1) is 0 Å². The van der Waals surface area contributed by atoms with Gasteiger partial charge in [0, 0.05) is 35.5 Å². The number of hydrogen-bond acceptors (Lipinski definition) is 20. The van der Waals surface area contributed by atoms with Gasteiger partial charge in [0.05, 0.1) is 17.5 Å². The highest BCUT2D eigenvalue weighted by Gasteiger charge is 2.50. The quantitative estimate of drug-likeness (QED) is 0.0609. The lowest BCUT2D eigenvalue weighted by Gasteiger charge is -2.54. The Morgan fingerprint density at radius 2 is 1.27 bits per heavy atom. The number of imide groups is 1. The second kappa shape index (κ2) is 30.7. The summed E-state index contributed by atoms with van der Waals surface area (Å²) in [6, 6.07) is 6.89. The lowest BCUT2D eigenvalue weighted by Crippen LogP contribution is -2.59. The lowest BCUT2D eigenvalue weighted by molar-refractivity contribution is -0.138. The average molecular weight is 1450 g/mol. The van der Waals surface area contributed by atoms with E-state index in [4.69, 9.17) is 25.8 Å². The van der Waals surface area contributed by atoms with Crippen molar-refractivity contribution in [2.75, 3.05) is 32.6 Å². The van der Waals surface area contributed by atoms with E-state index in [1.807, 2.05) is 13.8 Å². The van der Waals surface area contributed by atoms with Gasteiger partial charge in [-0.25, -0.2) is 4.79 Å². The van der Waals surface area contributed by atoms with Gasteiger partial charge < -0.3 is 98.0 Å². The molecule has 548 valence electrons. The molecule has 9 aliphatic rings. The maximum Gasteiger partial charge on any atom is 0.325 e. The molecule has 0 saturated heterocycles. The summed E-state index contributed by atoms with van der Waals surface area (Å²) in [5.41, 5.74) is -1.07. The third kappa shape index (κ3) is 15.8. The van der Waals surface area contributed by atoms with Crippen LogP contribution in [0.5, 0.6) is 51.7 Å². The van der Waals surface area contributed by atoms with Crippen LogP contribution in [0.2, 0.25) is 5.02 Å². The van der Waals surface area contributed by atoms with Gasteiger partial charge in [-0.1, -0.05) is 43.6 Å². The van der Waals surface area contributed by atoms with Crippen molar-refractivity contribution in [2.45, 2.75) is 126 Å². The number of phenolic OH excluding ortho intramolecular Hbond substituents is 4. The number of urea groups is 1. The summed E-state index contributed by atoms with van der Waals surface area (Å²) in [5.74, 6) is -11.5. The molecule has 0 radical (unpaired) electrons. The Hall–Kier alpha value is -10.7. The van der Waals surface area contributed by atoms with Crippen molar-refractivity contribution in [3.63, 3.8) is 0 Å². The van der Waals surface area contributed by atoms with Crippen LogP contribution in [0.25, 0.3) is 11.1 Å². The number of anilines is 1. The smallest absolute Gasteiger partial charge is 0.325 e. The van der Waals surface area contributed by atoms with Crippen LogP contribution in [0.1, 0.15) is 123 Å². The van der Waals surface area contributed by atoms with Crippen molar-refractivity contribution in [3.8, 4) is 62.9 Å². The monoisotopic (exact) mass is 1450 g/mol. The first-order valence-electron chi connectivity index (χ1n) is 34.4. The topological polar surface area (TPSA) is 435 Å². The van der Waals surface area contributed by atoms with Crippen molar-refractivity contribution in [3.05, 3.63) is 142 Å². The molecule has 15 bridgehead atoms. The zero-order valence-electron chi connectivity index (χ0n) is 57.3.